The van der Waals surface area contributed by atoms with Crippen LogP contribution < -0.4 is 9.64 Å². The summed E-state index contributed by atoms with van der Waals surface area (Å²) in [6.45, 7) is 7.03. The van der Waals surface area contributed by atoms with E-state index in [0.717, 1.165) is 85.8 Å². The average molecular weight is 560 g/mol. The van der Waals surface area contributed by atoms with Gasteiger partial charge in [-0.2, -0.15) is 0 Å². The van der Waals surface area contributed by atoms with Gasteiger partial charge in [0, 0.05) is 60.3 Å². The lowest BCUT2D eigenvalue weighted by molar-refractivity contribution is 0.127. The van der Waals surface area contributed by atoms with Gasteiger partial charge < -0.3 is 14.7 Å². The second kappa shape index (κ2) is 11.4. The van der Waals surface area contributed by atoms with E-state index in [-0.39, 0.29) is 12.4 Å². The van der Waals surface area contributed by atoms with E-state index in [1.165, 1.54) is 30.2 Å². The number of methoxy groups -OCH3 is 1. The molecule has 0 aliphatic carbocycles. The third-order valence-electron chi connectivity index (χ3n) is 7.62. The van der Waals surface area contributed by atoms with Crippen LogP contribution in [0.3, 0.4) is 0 Å². The van der Waals surface area contributed by atoms with Crippen LogP contribution in [0.4, 0.5) is 5.95 Å². The van der Waals surface area contributed by atoms with E-state index in [4.69, 9.17) is 14.7 Å². The largest absolute Gasteiger partial charge is 0.481 e. The first-order chi connectivity index (χ1) is 18.3. The third kappa shape index (κ3) is 5.95. The van der Waals surface area contributed by atoms with Crippen molar-refractivity contribution in [2.75, 3.05) is 51.1 Å². The number of ether oxygens (including phenoxy) is 1. The van der Waals surface area contributed by atoms with Crippen LogP contribution in [0.5, 0.6) is 5.88 Å². The molecule has 5 rings (SSSR count). The highest BCUT2D eigenvalue weighted by Crippen LogP contribution is 2.39. The number of piperidine rings is 2. The van der Waals surface area contributed by atoms with Crippen molar-refractivity contribution in [3.05, 3.63) is 28.3 Å². The summed E-state index contributed by atoms with van der Waals surface area (Å²) in [7, 11) is -1.78. The monoisotopic (exact) mass is 559 g/mol. The van der Waals surface area contributed by atoms with Crippen LogP contribution in [0.25, 0.3) is 21.5 Å². The normalized spacial score (nSPS) is 17.8. The molecule has 3 aromatic rings. The molecule has 2 fully saturated rings. The van der Waals surface area contributed by atoms with Gasteiger partial charge in [-0.3, -0.25) is 4.90 Å². The number of sulfone groups is 1. The minimum absolute atomic E-state index is 0.150. The summed E-state index contributed by atoms with van der Waals surface area (Å²) in [5, 5.41) is 9.54. The van der Waals surface area contributed by atoms with Crippen LogP contribution in [0.2, 0.25) is 0 Å². The zero-order chi connectivity index (χ0) is 26.9. The lowest BCUT2D eigenvalue weighted by atomic mass is 9.97. The lowest BCUT2D eigenvalue weighted by Gasteiger charge is -2.31. The van der Waals surface area contributed by atoms with Crippen LogP contribution in [0.15, 0.2) is 12.3 Å². The number of aryl methyl sites for hydroxylation is 1. The van der Waals surface area contributed by atoms with E-state index >= 15 is 0 Å². The SMILES string of the molecule is COc1ncc(-c2nc(N3CCCCC3)nc3c(CN4CCC(CO)CC4)c(C)sc23)cc1CS(C)(=O)=O. The topological polar surface area (TPSA) is 109 Å². The van der Waals surface area contributed by atoms with Crippen molar-refractivity contribution in [3.8, 4) is 17.1 Å². The molecule has 0 unspecified atom stereocenters. The molecular formula is C27H37N5O4S2. The molecule has 0 amide bonds. The van der Waals surface area contributed by atoms with Gasteiger partial charge in [-0.15, -0.1) is 11.3 Å². The summed E-state index contributed by atoms with van der Waals surface area (Å²) in [5.41, 5.74) is 4.29. The molecule has 2 aliphatic heterocycles. The quantitative estimate of drug-likeness (QED) is 0.441. The Labute approximate surface area is 228 Å². The van der Waals surface area contributed by atoms with Crippen LogP contribution in [0, 0.1) is 12.8 Å². The molecule has 206 valence electrons. The number of aliphatic hydroxyl groups excluding tert-OH is 1. The molecule has 3 aromatic heterocycles. The number of aromatic nitrogens is 3. The molecular weight excluding hydrogens is 522 g/mol. The Morgan fingerprint density at radius 1 is 1.13 bits per heavy atom. The van der Waals surface area contributed by atoms with E-state index in [2.05, 4.69) is 21.7 Å². The fourth-order valence-electron chi connectivity index (χ4n) is 5.49. The van der Waals surface area contributed by atoms with Gasteiger partial charge in [0.05, 0.1) is 28.8 Å². The summed E-state index contributed by atoms with van der Waals surface area (Å²) in [4.78, 5) is 20.6. The highest BCUT2D eigenvalue weighted by molar-refractivity contribution is 7.89. The first kappa shape index (κ1) is 27.2. The van der Waals surface area contributed by atoms with Crippen molar-refractivity contribution in [2.24, 2.45) is 5.92 Å². The van der Waals surface area contributed by atoms with Gasteiger partial charge in [-0.05, 0) is 64.1 Å². The molecule has 0 saturated carbocycles. The van der Waals surface area contributed by atoms with Gasteiger partial charge in [0.1, 0.15) is 0 Å². The van der Waals surface area contributed by atoms with Crippen molar-refractivity contribution >= 4 is 37.3 Å². The number of hydrogen-bond acceptors (Lipinski definition) is 10. The Morgan fingerprint density at radius 3 is 2.53 bits per heavy atom. The van der Waals surface area contributed by atoms with Crippen molar-refractivity contribution in [3.63, 3.8) is 0 Å². The van der Waals surface area contributed by atoms with Crippen LogP contribution in [0.1, 0.15) is 48.1 Å². The molecule has 38 heavy (non-hydrogen) atoms. The predicted molar refractivity (Wildman–Crippen MR) is 152 cm³/mol. The van der Waals surface area contributed by atoms with E-state index in [9.17, 15) is 13.5 Å². The van der Waals surface area contributed by atoms with Gasteiger partial charge in [0.2, 0.25) is 11.8 Å². The van der Waals surface area contributed by atoms with Gasteiger partial charge in [-0.25, -0.2) is 23.4 Å². The highest BCUT2D eigenvalue weighted by Gasteiger charge is 2.25. The Morgan fingerprint density at radius 2 is 1.87 bits per heavy atom. The molecule has 11 heteroatoms. The number of hydrogen-bond donors (Lipinski definition) is 1. The molecule has 0 spiro atoms. The minimum Gasteiger partial charge on any atom is -0.481 e. The third-order valence-corrected chi connectivity index (χ3v) is 9.59. The van der Waals surface area contributed by atoms with Crippen LogP contribution >= 0.6 is 11.3 Å². The van der Waals surface area contributed by atoms with Crippen LogP contribution in [-0.2, 0) is 22.1 Å². The zero-order valence-corrected chi connectivity index (χ0v) is 24.1. The minimum atomic E-state index is -3.28. The molecule has 2 saturated heterocycles. The Hall–Kier alpha value is -2.34. The summed E-state index contributed by atoms with van der Waals surface area (Å²) in [6.07, 6.45) is 8.42. The number of anilines is 1. The number of pyridine rings is 1. The molecule has 2 aliphatic rings. The maximum Gasteiger partial charge on any atom is 0.226 e. The summed E-state index contributed by atoms with van der Waals surface area (Å²) in [6, 6.07) is 1.85. The Balaban J connectivity index is 1.61. The lowest BCUT2D eigenvalue weighted by Crippen LogP contribution is -2.34. The Bertz CT molecular complexity index is 1390. The molecule has 0 radical (unpaired) electrons. The second-order valence-corrected chi connectivity index (χ2v) is 14.0. The molecule has 0 bridgehead atoms. The second-order valence-electron chi connectivity index (χ2n) is 10.6. The smallest absolute Gasteiger partial charge is 0.226 e. The summed E-state index contributed by atoms with van der Waals surface area (Å²) in [5.74, 6) is 1.29. The molecule has 0 atom stereocenters. The molecule has 5 heterocycles. The fourth-order valence-corrected chi connectivity index (χ4v) is 7.37. The number of rotatable bonds is 8. The Kier molecular flexibility index (Phi) is 8.18. The molecule has 1 N–H and O–H groups in total. The standard InChI is InChI=1S/C27H37N5O4S2/c1-18-22(15-31-11-7-19(16-33)8-12-31)24-25(37-18)23(29-27(30-24)32-9-5-4-6-10-32)20-13-21(17-38(3,34)35)26(36-2)28-14-20/h13-14,19,33H,4-12,15-17H2,1-3H3. The number of likely N-dealkylation sites (tertiary alicyclic amines) is 1. The summed E-state index contributed by atoms with van der Waals surface area (Å²) >= 11 is 1.69. The molecule has 0 aromatic carbocycles. The van der Waals surface area contributed by atoms with E-state index in [1.54, 1.807) is 17.5 Å². The van der Waals surface area contributed by atoms with Crippen molar-refractivity contribution < 1.29 is 18.3 Å². The fraction of sp³-hybridized carbons (Fsp3) is 0.593. The molecule has 9 nitrogen and oxygen atoms in total. The number of nitrogens with zero attached hydrogens (tertiary/aromatic N) is 5. The first-order valence-corrected chi connectivity index (χ1v) is 16.2. The highest BCUT2D eigenvalue weighted by atomic mass is 32.2. The van der Waals surface area contributed by atoms with E-state index in [1.807, 2.05) is 6.07 Å². The average Bonchev–Trinajstić information content (AvgIpc) is 3.22. The predicted octanol–water partition coefficient (Wildman–Crippen LogP) is 3.81. The first-order valence-electron chi connectivity index (χ1n) is 13.3. The van der Waals surface area contributed by atoms with Crippen molar-refractivity contribution in [2.45, 2.75) is 51.3 Å². The zero-order valence-electron chi connectivity index (χ0n) is 22.4. The number of thiophene rings is 1. The summed E-state index contributed by atoms with van der Waals surface area (Å²) < 4.78 is 30.6. The van der Waals surface area contributed by atoms with Crippen molar-refractivity contribution in [1.82, 2.24) is 19.9 Å². The van der Waals surface area contributed by atoms with E-state index in [0.29, 0.717) is 17.4 Å². The number of aliphatic hydroxyl groups is 1. The maximum atomic E-state index is 12.1. The maximum absolute atomic E-state index is 12.1. The van der Waals surface area contributed by atoms with Gasteiger partial charge >= 0.3 is 0 Å². The van der Waals surface area contributed by atoms with Gasteiger partial charge in [0.25, 0.3) is 0 Å². The van der Waals surface area contributed by atoms with Gasteiger partial charge in [-0.1, -0.05) is 0 Å². The van der Waals surface area contributed by atoms with Crippen LogP contribution in [-0.4, -0.2) is 79.5 Å². The number of fused-ring (bicyclic) bond motifs is 1. The van der Waals surface area contributed by atoms with Gasteiger partial charge in [0.15, 0.2) is 9.84 Å². The van der Waals surface area contributed by atoms with Crippen molar-refractivity contribution in [1.29, 1.82) is 0 Å². The van der Waals surface area contributed by atoms with E-state index < -0.39 is 9.84 Å².